The first kappa shape index (κ1) is 16.3. The number of aliphatic hydroxyl groups excluding tert-OH is 1. The van der Waals surface area contributed by atoms with Crippen LogP contribution in [0.2, 0.25) is 0 Å². The average molecular weight is 291 g/mol. The molecule has 0 bridgehead atoms. The van der Waals surface area contributed by atoms with Gasteiger partial charge >= 0.3 is 0 Å². The fraction of sp³-hybridized carbons (Fsp3) is 0.667. The van der Waals surface area contributed by atoms with Crippen molar-refractivity contribution in [3.63, 3.8) is 0 Å². The standard InChI is InChI=1S/C18H29NO2/c1-14-9-11-19(10-4-3-5-12-20)18(15(14)2)16-7-6-8-17(21)13-16/h6-8,13-15,18,20-21H,3-5,9-12H2,1-2H3/t14-,15+,18?/m0/s1. The number of hydrogen-bond acceptors (Lipinski definition) is 3. The number of phenols is 1. The van der Waals surface area contributed by atoms with Gasteiger partial charge in [-0.15, -0.1) is 0 Å². The highest BCUT2D eigenvalue weighted by molar-refractivity contribution is 5.30. The lowest BCUT2D eigenvalue weighted by Crippen LogP contribution is -2.42. The summed E-state index contributed by atoms with van der Waals surface area (Å²) in [7, 11) is 0. The zero-order valence-electron chi connectivity index (χ0n) is 13.3. The first-order chi connectivity index (χ1) is 10.1. The van der Waals surface area contributed by atoms with E-state index in [4.69, 9.17) is 5.11 Å². The SMILES string of the molecule is C[C@H]1CCN(CCCCCO)C(c2cccc(O)c2)[C@@H]1C. The molecule has 1 aromatic rings. The van der Waals surface area contributed by atoms with Crippen LogP contribution < -0.4 is 0 Å². The molecule has 1 fully saturated rings. The number of benzene rings is 1. The zero-order chi connectivity index (χ0) is 15.2. The number of unbranched alkanes of at least 4 members (excludes halogenated alkanes) is 2. The van der Waals surface area contributed by atoms with E-state index >= 15 is 0 Å². The Kier molecular flexibility index (Phi) is 6.07. The van der Waals surface area contributed by atoms with Crippen molar-refractivity contribution in [3.8, 4) is 5.75 Å². The van der Waals surface area contributed by atoms with Crippen molar-refractivity contribution in [1.82, 2.24) is 4.90 Å². The van der Waals surface area contributed by atoms with Gasteiger partial charge in [-0.25, -0.2) is 0 Å². The van der Waals surface area contributed by atoms with E-state index in [1.54, 1.807) is 6.07 Å². The summed E-state index contributed by atoms with van der Waals surface area (Å²) in [5, 5.41) is 18.7. The van der Waals surface area contributed by atoms with Crippen LogP contribution in [-0.2, 0) is 0 Å². The highest BCUT2D eigenvalue weighted by atomic mass is 16.3. The van der Waals surface area contributed by atoms with Gasteiger partial charge in [-0.1, -0.05) is 26.0 Å². The lowest BCUT2D eigenvalue weighted by molar-refractivity contribution is 0.0613. The van der Waals surface area contributed by atoms with Crippen LogP contribution in [0.15, 0.2) is 24.3 Å². The first-order valence-electron chi connectivity index (χ1n) is 8.27. The van der Waals surface area contributed by atoms with Crippen LogP contribution in [0.5, 0.6) is 5.75 Å². The van der Waals surface area contributed by atoms with Crippen LogP contribution in [0, 0.1) is 11.8 Å². The highest BCUT2D eigenvalue weighted by Gasteiger charge is 2.33. The third-order valence-corrected chi connectivity index (χ3v) is 4.98. The predicted octanol–water partition coefficient (Wildman–Crippen LogP) is 3.57. The summed E-state index contributed by atoms with van der Waals surface area (Å²) in [6.45, 7) is 7.18. The van der Waals surface area contributed by atoms with E-state index in [1.807, 2.05) is 12.1 Å². The van der Waals surface area contributed by atoms with Gasteiger partial charge in [0.05, 0.1) is 0 Å². The first-order valence-corrected chi connectivity index (χ1v) is 8.27. The number of likely N-dealkylation sites (tertiary alicyclic amines) is 1. The Bertz CT molecular complexity index is 435. The summed E-state index contributed by atoms with van der Waals surface area (Å²) in [6, 6.07) is 8.14. The Morgan fingerprint density at radius 1 is 1.19 bits per heavy atom. The molecule has 0 spiro atoms. The van der Waals surface area contributed by atoms with Crippen molar-refractivity contribution in [2.45, 2.75) is 45.6 Å². The molecule has 1 aliphatic heterocycles. The van der Waals surface area contributed by atoms with E-state index in [9.17, 15) is 5.11 Å². The molecule has 0 saturated carbocycles. The third kappa shape index (κ3) is 4.21. The number of phenolic OH excluding ortho intramolecular Hbond substituents is 1. The summed E-state index contributed by atoms with van der Waals surface area (Å²) in [5.74, 6) is 1.67. The highest BCUT2D eigenvalue weighted by Crippen LogP contribution is 2.39. The number of rotatable bonds is 6. The maximum atomic E-state index is 9.78. The van der Waals surface area contributed by atoms with Gasteiger partial charge in [0.1, 0.15) is 5.75 Å². The molecule has 2 N–H and O–H groups in total. The number of nitrogens with zero attached hydrogens (tertiary/aromatic N) is 1. The van der Waals surface area contributed by atoms with E-state index in [1.165, 1.54) is 12.0 Å². The smallest absolute Gasteiger partial charge is 0.115 e. The molecular weight excluding hydrogens is 262 g/mol. The molecule has 0 radical (unpaired) electrons. The summed E-state index contributed by atoms with van der Waals surface area (Å²) >= 11 is 0. The van der Waals surface area contributed by atoms with Crippen LogP contribution in [0.1, 0.15) is 51.1 Å². The van der Waals surface area contributed by atoms with Crippen molar-refractivity contribution < 1.29 is 10.2 Å². The monoisotopic (exact) mass is 291 g/mol. The van der Waals surface area contributed by atoms with E-state index < -0.39 is 0 Å². The Balaban J connectivity index is 2.09. The minimum atomic E-state index is 0.295. The molecule has 0 aromatic heterocycles. The lowest BCUT2D eigenvalue weighted by Gasteiger charge is -2.44. The van der Waals surface area contributed by atoms with Crippen molar-refractivity contribution >= 4 is 0 Å². The van der Waals surface area contributed by atoms with Gasteiger partial charge in [0.2, 0.25) is 0 Å². The Morgan fingerprint density at radius 2 is 2.00 bits per heavy atom. The van der Waals surface area contributed by atoms with Gasteiger partial charge < -0.3 is 10.2 Å². The fourth-order valence-corrected chi connectivity index (χ4v) is 3.49. The van der Waals surface area contributed by atoms with Gasteiger partial charge in [-0.3, -0.25) is 4.90 Å². The molecule has 1 heterocycles. The predicted molar refractivity (Wildman–Crippen MR) is 86.3 cm³/mol. The van der Waals surface area contributed by atoms with Crippen LogP contribution in [-0.4, -0.2) is 34.8 Å². The molecule has 0 amide bonds. The second-order valence-corrected chi connectivity index (χ2v) is 6.49. The molecule has 1 unspecified atom stereocenters. The molecule has 1 aliphatic rings. The second kappa shape index (κ2) is 7.81. The number of hydrogen-bond donors (Lipinski definition) is 2. The van der Waals surface area contributed by atoms with Crippen LogP contribution in [0.25, 0.3) is 0 Å². The molecule has 118 valence electrons. The normalized spacial score (nSPS) is 26.9. The fourth-order valence-electron chi connectivity index (χ4n) is 3.49. The molecule has 0 aliphatic carbocycles. The second-order valence-electron chi connectivity index (χ2n) is 6.49. The Hall–Kier alpha value is -1.06. The van der Waals surface area contributed by atoms with Gasteiger partial charge in [-0.05, 0) is 68.3 Å². The molecule has 3 atom stereocenters. The largest absolute Gasteiger partial charge is 0.508 e. The van der Waals surface area contributed by atoms with Crippen molar-refractivity contribution in [2.24, 2.45) is 11.8 Å². The van der Waals surface area contributed by atoms with E-state index in [0.29, 0.717) is 30.2 Å². The van der Waals surface area contributed by atoms with Gasteiger partial charge in [0.15, 0.2) is 0 Å². The Morgan fingerprint density at radius 3 is 2.71 bits per heavy atom. The van der Waals surface area contributed by atoms with E-state index in [-0.39, 0.29) is 0 Å². The lowest BCUT2D eigenvalue weighted by atomic mass is 9.79. The molecule has 3 heteroatoms. The summed E-state index contributed by atoms with van der Waals surface area (Å²) < 4.78 is 0. The maximum Gasteiger partial charge on any atom is 0.115 e. The number of aliphatic hydroxyl groups is 1. The zero-order valence-corrected chi connectivity index (χ0v) is 13.3. The maximum absolute atomic E-state index is 9.78. The topological polar surface area (TPSA) is 43.7 Å². The summed E-state index contributed by atoms with van der Waals surface area (Å²) in [4.78, 5) is 2.57. The van der Waals surface area contributed by atoms with E-state index in [2.05, 4.69) is 24.8 Å². The summed E-state index contributed by atoms with van der Waals surface area (Å²) in [5.41, 5.74) is 1.23. The van der Waals surface area contributed by atoms with Gasteiger partial charge in [-0.2, -0.15) is 0 Å². The minimum Gasteiger partial charge on any atom is -0.508 e. The number of piperidine rings is 1. The molecular formula is C18H29NO2. The van der Waals surface area contributed by atoms with Crippen molar-refractivity contribution in [2.75, 3.05) is 19.7 Å². The molecule has 3 nitrogen and oxygen atoms in total. The minimum absolute atomic E-state index is 0.295. The van der Waals surface area contributed by atoms with Crippen LogP contribution >= 0.6 is 0 Å². The molecule has 21 heavy (non-hydrogen) atoms. The Labute approximate surface area is 128 Å². The van der Waals surface area contributed by atoms with Gasteiger partial charge in [0.25, 0.3) is 0 Å². The number of aromatic hydroxyl groups is 1. The molecule has 2 rings (SSSR count). The van der Waals surface area contributed by atoms with Crippen LogP contribution in [0.3, 0.4) is 0 Å². The van der Waals surface area contributed by atoms with E-state index in [0.717, 1.165) is 32.4 Å². The molecule has 1 saturated heterocycles. The average Bonchev–Trinajstić information content (AvgIpc) is 2.47. The quantitative estimate of drug-likeness (QED) is 0.787. The van der Waals surface area contributed by atoms with Crippen molar-refractivity contribution in [1.29, 1.82) is 0 Å². The molecule has 1 aromatic carbocycles. The third-order valence-electron chi connectivity index (χ3n) is 4.98. The van der Waals surface area contributed by atoms with Crippen molar-refractivity contribution in [3.05, 3.63) is 29.8 Å². The van der Waals surface area contributed by atoms with Crippen LogP contribution in [0.4, 0.5) is 0 Å². The summed E-state index contributed by atoms with van der Waals surface area (Å²) in [6.07, 6.45) is 4.37. The van der Waals surface area contributed by atoms with Gasteiger partial charge in [0, 0.05) is 12.6 Å².